The number of hydrogen-bond donors (Lipinski definition) is 1. The summed E-state index contributed by atoms with van der Waals surface area (Å²) in [4.78, 5) is 27.7. The van der Waals surface area contributed by atoms with Gasteiger partial charge in [0.15, 0.2) is 6.61 Å². The summed E-state index contributed by atoms with van der Waals surface area (Å²) >= 11 is 6.29. The zero-order valence-electron chi connectivity index (χ0n) is 14.8. The molecular formula is C20H19ClN2O4. The number of pyridine rings is 1. The number of aryl methyl sites for hydroxylation is 1. The Balaban J connectivity index is 1.70. The van der Waals surface area contributed by atoms with E-state index < -0.39 is 5.63 Å². The number of nitrogens with zero attached hydrogens (tertiary/aromatic N) is 1. The lowest BCUT2D eigenvalue weighted by atomic mass is 10.1. The van der Waals surface area contributed by atoms with Crippen LogP contribution in [0.2, 0.25) is 5.02 Å². The van der Waals surface area contributed by atoms with Crippen molar-refractivity contribution in [1.29, 1.82) is 0 Å². The highest BCUT2D eigenvalue weighted by Crippen LogP contribution is 2.31. The van der Waals surface area contributed by atoms with Gasteiger partial charge in [0.1, 0.15) is 11.3 Å². The maximum Gasteiger partial charge on any atom is 0.336 e. The topological polar surface area (TPSA) is 81.4 Å². The molecule has 7 heteroatoms. The number of carbonyl (C=O) groups excluding carboxylic acids is 1. The number of amides is 1. The minimum Gasteiger partial charge on any atom is -0.482 e. The van der Waals surface area contributed by atoms with Gasteiger partial charge < -0.3 is 14.5 Å². The Bertz CT molecular complexity index is 1000. The summed E-state index contributed by atoms with van der Waals surface area (Å²) in [5.74, 6) is -0.00584. The lowest BCUT2D eigenvalue weighted by Gasteiger charge is -2.11. The second-order valence-corrected chi connectivity index (χ2v) is 6.45. The Hall–Kier alpha value is -2.86. The summed E-state index contributed by atoms with van der Waals surface area (Å²) in [5.41, 5.74) is 1.74. The number of halogens is 1. The number of aromatic nitrogens is 1. The van der Waals surface area contributed by atoms with Gasteiger partial charge in [-0.3, -0.25) is 9.78 Å². The van der Waals surface area contributed by atoms with Crippen LogP contribution in [-0.2, 0) is 17.8 Å². The highest BCUT2D eigenvalue weighted by Gasteiger charge is 2.12. The van der Waals surface area contributed by atoms with Crippen LogP contribution in [0.15, 0.2) is 51.9 Å². The van der Waals surface area contributed by atoms with E-state index in [-0.39, 0.29) is 18.3 Å². The molecule has 1 N–H and O–H groups in total. The average Bonchev–Trinajstić information content (AvgIpc) is 2.66. The third kappa shape index (κ3) is 4.86. The molecular weight excluding hydrogens is 368 g/mol. The van der Waals surface area contributed by atoms with E-state index in [1.54, 1.807) is 30.6 Å². The van der Waals surface area contributed by atoms with Gasteiger partial charge in [-0.2, -0.15) is 0 Å². The van der Waals surface area contributed by atoms with Gasteiger partial charge >= 0.3 is 5.63 Å². The maximum atomic E-state index is 12.0. The summed E-state index contributed by atoms with van der Waals surface area (Å²) in [6, 6.07) is 8.40. The van der Waals surface area contributed by atoms with Crippen LogP contribution < -0.4 is 15.7 Å². The fourth-order valence-corrected chi connectivity index (χ4v) is 2.93. The van der Waals surface area contributed by atoms with Crippen LogP contribution >= 0.6 is 11.6 Å². The molecule has 0 bridgehead atoms. The van der Waals surface area contributed by atoms with E-state index >= 15 is 0 Å². The Morgan fingerprint density at radius 1 is 1.33 bits per heavy atom. The Labute approximate surface area is 161 Å². The normalized spacial score (nSPS) is 10.7. The van der Waals surface area contributed by atoms with E-state index in [1.165, 1.54) is 6.07 Å². The molecule has 0 fully saturated rings. The predicted molar refractivity (Wildman–Crippen MR) is 103 cm³/mol. The summed E-state index contributed by atoms with van der Waals surface area (Å²) in [6.45, 7) is 2.19. The highest BCUT2D eigenvalue weighted by atomic mass is 35.5. The molecule has 0 aliphatic carbocycles. The van der Waals surface area contributed by atoms with Crippen molar-refractivity contribution < 1.29 is 13.9 Å². The Kier molecular flexibility index (Phi) is 6.08. The first-order valence-electron chi connectivity index (χ1n) is 8.61. The quantitative estimate of drug-likeness (QED) is 0.628. The third-order valence-corrected chi connectivity index (χ3v) is 4.27. The monoisotopic (exact) mass is 386 g/mol. The second kappa shape index (κ2) is 8.68. The second-order valence-electron chi connectivity index (χ2n) is 6.05. The first-order valence-corrected chi connectivity index (χ1v) is 8.99. The van der Waals surface area contributed by atoms with Crippen molar-refractivity contribution >= 4 is 28.5 Å². The van der Waals surface area contributed by atoms with Crippen molar-refractivity contribution in [1.82, 2.24) is 10.3 Å². The van der Waals surface area contributed by atoms with Gasteiger partial charge in [-0.1, -0.05) is 31.0 Å². The molecule has 27 heavy (non-hydrogen) atoms. The Morgan fingerprint density at radius 3 is 2.93 bits per heavy atom. The van der Waals surface area contributed by atoms with Gasteiger partial charge in [-0.15, -0.1) is 0 Å². The molecule has 0 spiro atoms. The summed E-state index contributed by atoms with van der Waals surface area (Å²) < 4.78 is 10.8. The molecule has 0 aliphatic heterocycles. The fraction of sp³-hybridized carbons (Fsp3) is 0.250. The smallest absolute Gasteiger partial charge is 0.336 e. The number of carbonyl (C=O) groups is 1. The van der Waals surface area contributed by atoms with E-state index in [0.717, 1.165) is 29.4 Å². The number of benzene rings is 1. The molecule has 1 amide bonds. The molecule has 0 radical (unpaired) electrons. The molecule has 1 aromatic carbocycles. The number of nitrogens with one attached hydrogen (secondary N) is 1. The number of fused-ring (bicyclic) bond motifs is 1. The van der Waals surface area contributed by atoms with E-state index in [1.807, 2.05) is 13.0 Å². The minimum atomic E-state index is -0.423. The zero-order valence-corrected chi connectivity index (χ0v) is 15.6. The highest BCUT2D eigenvalue weighted by molar-refractivity contribution is 6.32. The minimum absolute atomic E-state index is 0.204. The van der Waals surface area contributed by atoms with E-state index in [9.17, 15) is 9.59 Å². The van der Waals surface area contributed by atoms with Crippen LogP contribution in [0.3, 0.4) is 0 Å². The predicted octanol–water partition coefficient (Wildman–Crippen LogP) is 3.49. The molecule has 0 unspecified atom stereocenters. The Morgan fingerprint density at radius 2 is 2.19 bits per heavy atom. The van der Waals surface area contributed by atoms with Crippen molar-refractivity contribution in [3.05, 3.63) is 69.3 Å². The first kappa shape index (κ1) is 18.9. The van der Waals surface area contributed by atoms with Crippen molar-refractivity contribution in [2.75, 3.05) is 6.61 Å². The van der Waals surface area contributed by atoms with Crippen molar-refractivity contribution in [2.24, 2.45) is 0 Å². The number of hydrogen-bond acceptors (Lipinski definition) is 5. The SMILES string of the molecule is CCCc1cc(=O)oc2cc(OCC(=O)NCc3cccnc3)c(Cl)cc12. The van der Waals surface area contributed by atoms with Crippen LogP contribution in [0, 0.1) is 0 Å². The maximum absolute atomic E-state index is 12.0. The van der Waals surface area contributed by atoms with Crippen LogP contribution in [-0.4, -0.2) is 17.5 Å². The summed E-state index contributed by atoms with van der Waals surface area (Å²) in [7, 11) is 0. The van der Waals surface area contributed by atoms with Gasteiger partial charge in [-0.05, 0) is 29.7 Å². The van der Waals surface area contributed by atoms with E-state index in [0.29, 0.717) is 17.2 Å². The van der Waals surface area contributed by atoms with Gasteiger partial charge in [0.05, 0.1) is 5.02 Å². The molecule has 2 heterocycles. The fourth-order valence-electron chi connectivity index (χ4n) is 2.71. The van der Waals surface area contributed by atoms with Gasteiger partial charge in [0.2, 0.25) is 0 Å². The lowest BCUT2D eigenvalue weighted by molar-refractivity contribution is -0.123. The molecule has 0 atom stereocenters. The zero-order chi connectivity index (χ0) is 19.2. The van der Waals surface area contributed by atoms with Crippen molar-refractivity contribution in [2.45, 2.75) is 26.3 Å². The van der Waals surface area contributed by atoms with Crippen LogP contribution in [0.25, 0.3) is 11.0 Å². The standard InChI is InChI=1S/C20H19ClN2O4/c1-2-4-14-7-20(25)27-17-9-18(16(21)8-15(14)17)26-12-19(24)23-11-13-5-3-6-22-10-13/h3,5-10H,2,4,11-12H2,1H3,(H,23,24). The molecule has 0 aliphatic rings. The van der Waals surface area contributed by atoms with Gasteiger partial charge in [-0.25, -0.2) is 4.79 Å². The molecule has 140 valence electrons. The molecule has 3 aromatic rings. The summed E-state index contributed by atoms with van der Waals surface area (Å²) in [6.07, 6.45) is 4.98. The molecule has 6 nitrogen and oxygen atoms in total. The molecule has 3 rings (SSSR count). The third-order valence-electron chi connectivity index (χ3n) is 3.97. The molecule has 2 aromatic heterocycles. The molecule has 0 saturated carbocycles. The van der Waals surface area contributed by atoms with Crippen molar-refractivity contribution in [3.63, 3.8) is 0 Å². The first-order chi connectivity index (χ1) is 13.1. The number of rotatable bonds is 7. The van der Waals surface area contributed by atoms with E-state index in [2.05, 4.69) is 10.3 Å². The van der Waals surface area contributed by atoms with Gasteiger partial charge in [0, 0.05) is 36.5 Å². The van der Waals surface area contributed by atoms with Gasteiger partial charge in [0.25, 0.3) is 5.91 Å². The average molecular weight is 387 g/mol. The van der Waals surface area contributed by atoms with E-state index in [4.69, 9.17) is 20.8 Å². The lowest BCUT2D eigenvalue weighted by Crippen LogP contribution is -2.28. The molecule has 0 saturated heterocycles. The van der Waals surface area contributed by atoms with Crippen LogP contribution in [0.1, 0.15) is 24.5 Å². The van der Waals surface area contributed by atoms with Crippen molar-refractivity contribution in [3.8, 4) is 5.75 Å². The van der Waals surface area contributed by atoms with Crippen LogP contribution in [0.4, 0.5) is 0 Å². The van der Waals surface area contributed by atoms with Crippen LogP contribution in [0.5, 0.6) is 5.75 Å². The summed E-state index contributed by atoms with van der Waals surface area (Å²) in [5, 5.41) is 3.87. The number of ether oxygens (including phenoxy) is 1. The largest absolute Gasteiger partial charge is 0.482 e.